The molecule has 170 valence electrons. The largest absolute Gasteiger partial charge is 0.386 e. The number of nitrogen functional groups attached to an aromatic ring is 1. The molecule has 3 aromatic rings. The number of anilines is 2. The Bertz CT molecular complexity index is 1200. The zero-order valence-electron chi connectivity index (χ0n) is 18.2. The van der Waals surface area contributed by atoms with Gasteiger partial charge < -0.3 is 26.6 Å². The van der Waals surface area contributed by atoms with Crippen LogP contribution in [0.4, 0.5) is 11.5 Å². The normalized spacial score (nSPS) is 25.5. The van der Waals surface area contributed by atoms with Crippen LogP contribution >= 0.6 is 0 Å². The minimum Gasteiger partial charge on any atom is -0.386 e. The number of rotatable bonds is 4. The van der Waals surface area contributed by atoms with Crippen molar-refractivity contribution in [1.82, 2.24) is 15.0 Å². The van der Waals surface area contributed by atoms with Gasteiger partial charge in [-0.25, -0.2) is 9.97 Å². The summed E-state index contributed by atoms with van der Waals surface area (Å²) >= 11 is 0. The van der Waals surface area contributed by atoms with Gasteiger partial charge in [0.25, 0.3) is 5.91 Å². The van der Waals surface area contributed by atoms with Crippen LogP contribution in [0, 0.1) is 0 Å². The fourth-order valence-electron chi connectivity index (χ4n) is 4.45. The first-order chi connectivity index (χ1) is 15.8. The SMILES string of the molecule is C[C@]1(O)[C@H](N)C[C@H](c2ccncc2NC(=O)c2nc(-c3ccccc3)cnc2N)OC12CC2. The van der Waals surface area contributed by atoms with Gasteiger partial charge in [0.05, 0.1) is 35.5 Å². The number of hydrogen-bond acceptors (Lipinski definition) is 8. The first-order valence-corrected chi connectivity index (χ1v) is 10.9. The van der Waals surface area contributed by atoms with Crippen LogP contribution in [0.5, 0.6) is 0 Å². The number of carbonyl (C=O) groups excluding carboxylic acids is 1. The summed E-state index contributed by atoms with van der Waals surface area (Å²) in [4.78, 5) is 25.9. The van der Waals surface area contributed by atoms with E-state index in [1.807, 2.05) is 30.3 Å². The van der Waals surface area contributed by atoms with E-state index in [9.17, 15) is 9.90 Å². The monoisotopic (exact) mass is 446 g/mol. The Hall–Kier alpha value is -3.40. The molecule has 0 bridgehead atoms. The molecule has 3 atom stereocenters. The Morgan fingerprint density at radius 1 is 1.21 bits per heavy atom. The predicted molar refractivity (Wildman–Crippen MR) is 123 cm³/mol. The van der Waals surface area contributed by atoms with E-state index in [0.29, 0.717) is 17.8 Å². The maximum Gasteiger partial charge on any atom is 0.278 e. The molecule has 1 aliphatic carbocycles. The minimum absolute atomic E-state index is 0.0222. The number of aliphatic hydroxyl groups is 1. The van der Waals surface area contributed by atoms with Crippen LogP contribution in [0.15, 0.2) is 55.0 Å². The molecular weight excluding hydrogens is 420 g/mol. The number of amides is 1. The van der Waals surface area contributed by atoms with Gasteiger partial charge in [0.2, 0.25) is 0 Å². The standard InChI is InChI=1S/C24H26N6O3/c1-23(32)19(25)11-18(33-24(23)8-9-24)15-7-10-27-12-17(15)30-22(31)20-21(26)28-13-16(29-20)14-5-3-2-4-6-14/h2-7,10,12-13,18-19,32H,8-9,11,25H2,1H3,(H2,26,28)(H,30,31)/t18-,19-,23+/m1/s1. The highest BCUT2D eigenvalue weighted by molar-refractivity contribution is 6.06. The lowest BCUT2D eigenvalue weighted by molar-refractivity contribution is -0.195. The Morgan fingerprint density at radius 3 is 2.70 bits per heavy atom. The molecule has 1 aliphatic heterocycles. The van der Waals surface area contributed by atoms with Gasteiger partial charge in [-0.3, -0.25) is 9.78 Å². The van der Waals surface area contributed by atoms with Crippen molar-refractivity contribution in [2.75, 3.05) is 11.1 Å². The third-order valence-corrected chi connectivity index (χ3v) is 6.72. The number of hydrogen-bond donors (Lipinski definition) is 4. The van der Waals surface area contributed by atoms with Crippen LogP contribution in [0.1, 0.15) is 48.3 Å². The quantitative estimate of drug-likeness (QED) is 0.477. The summed E-state index contributed by atoms with van der Waals surface area (Å²) in [5.74, 6) is -0.471. The lowest BCUT2D eigenvalue weighted by Gasteiger charge is -2.46. The van der Waals surface area contributed by atoms with Gasteiger partial charge in [-0.05, 0) is 32.3 Å². The predicted octanol–water partition coefficient (Wildman–Crippen LogP) is 2.45. The summed E-state index contributed by atoms with van der Waals surface area (Å²) in [7, 11) is 0. The first-order valence-electron chi connectivity index (χ1n) is 10.9. The maximum atomic E-state index is 13.1. The van der Waals surface area contributed by atoms with Crippen molar-refractivity contribution in [3.63, 3.8) is 0 Å². The fourth-order valence-corrected chi connectivity index (χ4v) is 4.45. The van der Waals surface area contributed by atoms with E-state index >= 15 is 0 Å². The van der Waals surface area contributed by atoms with Crippen LogP contribution in [0.2, 0.25) is 0 Å². The molecule has 5 rings (SSSR count). The average molecular weight is 447 g/mol. The Kier molecular flexibility index (Phi) is 5.12. The van der Waals surface area contributed by atoms with Gasteiger partial charge in [0, 0.05) is 23.4 Å². The van der Waals surface area contributed by atoms with Crippen LogP contribution in [0.3, 0.4) is 0 Å². The second kappa shape index (κ2) is 7.87. The van der Waals surface area contributed by atoms with E-state index in [1.54, 1.807) is 25.4 Å². The zero-order valence-corrected chi connectivity index (χ0v) is 18.2. The fraction of sp³-hybridized carbons (Fsp3) is 0.333. The molecule has 6 N–H and O–H groups in total. The Labute approximate surface area is 191 Å². The van der Waals surface area contributed by atoms with Gasteiger partial charge in [0.15, 0.2) is 11.5 Å². The van der Waals surface area contributed by atoms with Crippen molar-refractivity contribution < 1.29 is 14.6 Å². The van der Waals surface area contributed by atoms with Crippen LogP contribution in [-0.4, -0.2) is 43.2 Å². The first kappa shape index (κ1) is 21.4. The van der Waals surface area contributed by atoms with Crippen molar-refractivity contribution in [2.24, 2.45) is 5.73 Å². The third kappa shape index (κ3) is 3.74. The van der Waals surface area contributed by atoms with Gasteiger partial charge in [-0.15, -0.1) is 0 Å². The van der Waals surface area contributed by atoms with Crippen molar-refractivity contribution >= 4 is 17.4 Å². The molecule has 2 aromatic heterocycles. The third-order valence-electron chi connectivity index (χ3n) is 6.72. The van der Waals surface area contributed by atoms with Gasteiger partial charge >= 0.3 is 0 Å². The number of benzene rings is 1. The molecule has 1 spiro atoms. The molecule has 9 heteroatoms. The summed E-state index contributed by atoms with van der Waals surface area (Å²) in [5, 5.41) is 13.7. The highest BCUT2D eigenvalue weighted by Crippen LogP contribution is 2.56. The number of nitrogens with zero attached hydrogens (tertiary/aromatic N) is 3. The Morgan fingerprint density at radius 2 is 1.97 bits per heavy atom. The van der Waals surface area contributed by atoms with Crippen molar-refractivity contribution in [1.29, 1.82) is 0 Å². The van der Waals surface area contributed by atoms with E-state index in [4.69, 9.17) is 16.2 Å². The van der Waals surface area contributed by atoms with Crippen LogP contribution < -0.4 is 16.8 Å². The van der Waals surface area contributed by atoms with Gasteiger partial charge in [0.1, 0.15) is 5.60 Å². The Balaban J connectivity index is 1.42. The summed E-state index contributed by atoms with van der Waals surface area (Å²) in [6, 6.07) is 10.8. The minimum atomic E-state index is -1.10. The van der Waals surface area contributed by atoms with E-state index in [-0.39, 0.29) is 17.6 Å². The number of aromatic nitrogens is 3. The van der Waals surface area contributed by atoms with E-state index in [0.717, 1.165) is 24.0 Å². The molecule has 3 heterocycles. The van der Waals surface area contributed by atoms with E-state index in [2.05, 4.69) is 20.3 Å². The van der Waals surface area contributed by atoms with Gasteiger partial charge in [-0.2, -0.15) is 0 Å². The van der Waals surface area contributed by atoms with Crippen LogP contribution in [0.25, 0.3) is 11.3 Å². The number of ether oxygens (including phenoxy) is 1. The maximum absolute atomic E-state index is 13.1. The molecule has 1 saturated carbocycles. The van der Waals surface area contributed by atoms with Crippen molar-refractivity contribution in [2.45, 2.75) is 49.5 Å². The van der Waals surface area contributed by atoms with E-state index < -0.39 is 23.2 Å². The number of pyridine rings is 1. The smallest absolute Gasteiger partial charge is 0.278 e. The van der Waals surface area contributed by atoms with Crippen molar-refractivity contribution in [3.05, 3.63) is 66.2 Å². The second-order valence-electron chi connectivity index (χ2n) is 8.86. The van der Waals surface area contributed by atoms with E-state index in [1.165, 1.54) is 6.20 Å². The molecule has 1 amide bonds. The molecule has 9 nitrogen and oxygen atoms in total. The second-order valence-corrected chi connectivity index (χ2v) is 8.86. The summed E-state index contributed by atoms with van der Waals surface area (Å²) in [5.41, 5.74) is 13.2. The average Bonchev–Trinajstić information content (AvgIpc) is 3.60. The highest BCUT2D eigenvalue weighted by atomic mass is 16.5. The molecule has 0 radical (unpaired) electrons. The van der Waals surface area contributed by atoms with Crippen molar-refractivity contribution in [3.8, 4) is 11.3 Å². The molecule has 0 unspecified atom stereocenters. The molecule has 1 saturated heterocycles. The van der Waals surface area contributed by atoms with Gasteiger partial charge in [-0.1, -0.05) is 30.3 Å². The van der Waals surface area contributed by atoms with Crippen LogP contribution in [-0.2, 0) is 4.74 Å². The lowest BCUT2D eigenvalue weighted by Crippen LogP contribution is -2.60. The molecule has 2 aliphatic rings. The number of nitrogens with one attached hydrogen (secondary N) is 1. The number of carbonyl (C=O) groups is 1. The molecule has 1 aromatic carbocycles. The lowest BCUT2D eigenvalue weighted by atomic mass is 9.80. The summed E-state index contributed by atoms with van der Waals surface area (Å²) < 4.78 is 6.32. The summed E-state index contributed by atoms with van der Waals surface area (Å²) in [6.45, 7) is 1.73. The molecule has 33 heavy (non-hydrogen) atoms. The topological polar surface area (TPSA) is 149 Å². The summed E-state index contributed by atoms with van der Waals surface area (Å²) in [6.07, 6.45) is 6.24. The molecule has 2 fully saturated rings. The highest BCUT2D eigenvalue weighted by Gasteiger charge is 2.64. The molecular formula is C24H26N6O3. The number of nitrogens with two attached hydrogens (primary N) is 2. The zero-order chi connectivity index (χ0) is 23.2.